The van der Waals surface area contributed by atoms with Crippen molar-refractivity contribution in [2.75, 3.05) is 18.4 Å². The second kappa shape index (κ2) is 8.25. The van der Waals surface area contributed by atoms with E-state index >= 15 is 0 Å². The first-order chi connectivity index (χ1) is 13.7. The third-order valence-corrected chi connectivity index (χ3v) is 5.20. The number of amides is 1. The lowest BCUT2D eigenvalue weighted by Crippen LogP contribution is -2.38. The standard InChI is InChI=1S/C22H25N5O/c1-16-14-21(26-25-16)24-20-9-5-8-19(23-20)18-10-12-27(13-11-18)22(28)15-17-6-3-2-4-7-17/h2-9,14,18H,10-13,15H2,1H3,(H2,23,24,25,26). The van der Waals surface area contributed by atoms with E-state index < -0.39 is 0 Å². The van der Waals surface area contributed by atoms with E-state index in [0.717, 1.165) is 54.5 Å². The molecular weight excluding hydrogens is 350 g/mol. The zero-order chi connectivity index (χ0) is 19.3. The number of piperidine rings is 1. The largest absolute Gasteiger partial charge is 0.342 e. The predicted molar refractivity (Wildman–Crippen MR) is 110 cm³/mol. The summed E-state index contributed by atoms with van der Waals surface area (Å²) in [5.74, 6) is 2.15. The summed E-state index contributed by atoms with van der Waals surface area (Å²) < 4.78 is 0. The zero-order valence-electron chi connectivity index (χ0n) is 16.1. The van der Waals surface area contributed by atoms with E-state index in [9.17, 15) is 4.79 Å². The maximum absolute atomic E-state index is 12.6. The van der Waals surface area contributed by atoms with Gasteiger partial charge in [0.25, 0.3) is 0 Å². The SMILES string of the molecule is Cc1cc(Nc2cccc(C3CCN(C(=O)Cc4ccccc4)CC3)n2)n[nH]1. The summed E-state index contributed by atoms with van der Waals surface area (Å²) in [7, 11) is 0. The average molecular weight is 375 g/mol. The van der Waals surface area contributed by atoms with Crippen molar-refractivity contribution in [3.8, 4) is 0 Å². The number of carbonyl (C=O) groups is 1. The first kappa shape index (κ1) is 18.2. The van der Waals surface area contributed by atoms with Gasteiger partial charge in [-0.25, -0.2) is 4.98 Å². The molecule has 0 atom stereocenters. The molecule has 2 aromatic heterocycles. The molecule has 1 amide bonds. The number of benzene rings is 1. The van der Waals surface area contributed by atoms with Crippen molar-refractivity contribution in [3.63, 3.8) is 0 Å². The summed E-state index contributed by atoms with van der Waals surface area (Å²) in [6.45, 7) is 3.54. The first-order valence-electron chi connectivity index (χ1n) is 9.75. The van der Waals surface area contributed by atoms with Crippen LogP contribution in [0.2, 0.25) is 0 Å². The fourth-order valence-electron chi connectivity index (χ4n) is 3.67. The second-order valence-corrected chi connectivity index (χ2v) is 7.33. The molecule has 0 radical (unpaired) electrons. The van der Waals surface area contributed by atoms with Gasteiger partial charge in [-0.3, -0.25) is 9.89 Å². The molecule has 1 aliphatic rings. The smallest absolute Gasteiger partial charge is 0.226 e. The van der Waals surface area contributed by atoms with Crippen molar-refractivity contribution >= 4 is 17.5 Å². The minimum Gasteiger partial charge on any atom is -0.342 e. The Hall–Kier alpha value is -3.15. The van der Waals surface area contributed by atoms with Gasteiger partial charge in [0.05, 0.1) is 6.42 Å². The van der Waals surface area contributed by atoms with Crippen molar-refractivity contribution in [2.24, 2.45) is 0 Å². The number of hydrogen-bond acceptors (Lipinski definition) is 4. The molecule has 3 heterocycles. The van der Waals surface area contributed by atoms with E-state index in [-0.39, 0.29) is 5.91 Å². The van der Waals surface area contributed by atoms with Gasteiger partial charge in [0.2, 0.25) is 5.91 Å². The van der Waals surface area contributed by atoms with Crippen LogP contribution in [0, 0.1) is 6.92 Å². The third kappa shape index (κ3) is 4.39. The summed E-state index contributed by atoms with van der Waals surface area (Å²) in [5.41, 5.74) is 3.15. The van der Waals surface area contributed by atoms with Crippen LogP contribution >= 0.6 is 0 Å². The Kier molecular flexibility index (Phi) is 5.37. The molecule has 0 spiro atoms. The predicted octanol–water partition coefficient (Wildman–Crippen LogP) is 3.81. The topological polar surface area (TPSA) is 73.9 Å². The van der Waals surface area contributed by atoms with Crippen LogP contribution in [0.5, 0.6) is 0 Å². The van der Waals surface area contributed by atoms with E-state index in [0.29, 0.717) is 12.3 Å². The molecule has 0 aliphatic carbocycles. The van der Waals surface area contributed by atoms with Gasteiger partial charge < -0.3 is 10.2 Å². The maximum Gasteiger partial charge on any atom is 0.226 e. The number of rotatable bonds is 5. The molecule has 0 unspecified atom stereocenters. The Morgan fingerprint density at radius 2 is 1.89 bits per heavy atom. The van der Waals surface area contributed by atoms with Crippen LogP contribution < -0.4 is 5.32 Å². The number of aromatic amines is 1. The van der Waals surface area contributed by atoms with Crippen molar-refractivity contribution in [3.05, 3.63) is 71.5 Å². The Morgan fingerprint density at radius 1 is 1.11 bits per heavy atom. The molecule has 1 aromatic carbocycles. The number of aryl methyl sites for hydroxylation is 1. The van der Waals surface area contributed by atoms with Crippen LogP contribution in [-0.4, -0.2) is 39.1 Å². The Balaban J connectivity index is 1.34. The minimum atomic E-state index is 0.210. The molecule has 1 fully saturated rings. The number of hydrogen-bond donors (Lipinski definition) is 2. The molecule has 2 N–H and O–H groups in total. The first-order valence-corrected chi connectivity index (χ1v) is 9.75. The number of H-pyrrole nitrogens is 1. The van der Waals surface area contributed by atoms with Crippen LogP contribution in [0.15, 0.2) is 54.6 Å². The quantitative estimate of drug-likeness (QED) is 0.711. The lowest BCUT2D eigenvalue weighted by atomic mass is 9.92. The number of nitrogens with one attached hydrogen (secondary N) is 2. The van der Waals surface area contributed by atoms with Gasteiger partial charge in [-0.1, -0.05) is 36.4 Å². The molecule has 3 aromatic rings. The van der Waals surface area contributed by atoms with Crippen molar-refractivity contribution < 1.29 is 4.79 Å². The van der Waals surface area contributed by atoms with Crippen LogP contribution in [0.1, 0.15) is 35.7 Å². The molecule has 144 valence electrons. The number of pyridine rings is 1. The highest BCUT2D eigenvalue weighted by Crippen LogP contribution is 2.28. The summed E-state index contributed by atoms with van der Waals surface area (Å²) in [5, 5.41) is 10.4. The highest BCUT2D eigenvalue weighted by molar-refractivity contribution is 5.78. The summed E-state index contributed by atoms with van der Waals surface area (Å²) in [6, 6.07) is 17.9. The monoisotopic (exact) mass is 375 g/mol. The number of nitrogens with zero attached hydrogens (tertiary/aromatic N) is 3. The Morgan fingerprint density at radius 3 is 2.61 bits per heavy atom. The second-order valence-electron chi connectivity index (χ2n) is 7.33. The van der Waals surface area contributed by atoms with Gasteiger partial charge in [-0.2, -0.15) is 5.10 Å². The maximum atomic E-state index is 12.6. The summed E-state index contributed by atoms with van der Waals surface area (Å²) in [6.07, 6.45) is 2.36. The third-order valence-electron chi connectivity index (χ3n) is 5.20. The highest BCUT2D eigenvalue weighted by atomic mass is 16.2. The fraction of sp³-hybridized carbons (Fsp3) is 0.318. The average Bonchev–Trinajstić information content (AvgIpc) is 3.13. The van der Waals surface area contributed by atoms with E-state index in [4.69, 9.17) is 4.98 Å². The highest BCUT2D eigenvalue weighted by Gasteiger charge is 2.24. The van der Waals surface area contributed by atoms with Gasteiger partial charge >= 0.3 is 0 Å². The van der Waals surface area contributed by atoms with Crippen LogP contribution in [0.3, 0.4) is 0 Å². The Labute approximate surface area is 165 Å². The van der Waals surface area contributed by atoms with E-state index in [1.54, 1.807) is 0 Å². The number of aromatic nitrogens is 3. The van der Waals surface area contributed by atoms with Gasteiger partial charge in [0, 0.05) is 36.5 Å². The molecule has 28 heavy (non-hydrogen) atoms. The number of likely N-dealkylation sites (tertiary alicyclic amines) is 1. The van der Waals surface area contributed by atoms with Crippen LogP contribution in [0.4, 0.5) is 11.6 Å². The lowest BCUT2D eigenvalue weighted by Gasteiger charge is -2.32. The fourth-order valence-corrected chi connectivity index (χ4v) is 3.67. The van der Waals surface area contributed by atoms with E-state index in [2.05, 4.69) is 21.6 Å². The molecule has 0 bridgehead atoms. The molecule has 4 rings (SSSR count). The van der Waals surface area contributed by atoms with Crippen molar-refractivity contribution in [1.29, 1.82) is 0 Å². The summed E-state index contributed by atoms with van der Waals surface area (Å²) >= 11 is 0. The molecule has 1 aliphatic heterocycles. The molecule has 0 saturated carbocycles. The number of anilines is 2. The van der Waals surface area contributed by atoms with Gasteiger partial charge in [-0.15, -0.1) is 0 Å². The van der Waals surface area contributed by atoms with E-state index in [1.165, 1.54) is 0 Å². The van der Waals surface area contributed by atoms with Crippen LogP contribution in [0.25, 0.3) is 0 Å². The minimum absolute atomic E-state index is 0.210. The normalized spacial score (nSPS) is 14.8. The van der Waals surface area contributed by atoms with Crippen LogP contribution in [-0.2, 0) is 11.2 Å². The summed E-state index contributed by atoms with van der Waals surface area (Å²) in [4.78, 5) is 19.3. The van der Waals surface area contributed by atoms with Gasteiger partial charge in [0.15, 0.2) is 5.82 Å². The molecule has 1 saturated heterocycles. The molecule has 6 heteroatoms. The van der Waals surface area contributed by atoms with E-state index in [1.807, 2.05) is 60.4 Å². The molecular formula is C22H25N5O. The Bertz CT molecular complexity index is 929. The molecule has 6 nitrogen and oxygen atoms in total. The van der Waals surface area contributed by atoms with Crippen molar-refractivity contribution in [1.82, 2.24) is 20.1 Å². The van der Waals surface area contributed by atoms with Gasteiger partial charge in [-0.05, 0) is 37.5 Å². The van der Waals surface area contributed by atoms with Crippen molar-refractivity contribution in [2.45, 2.75) is 32.1 Å². The lowest BCUT2D eigenvalue weighted by molar-refractivity contribution is -0.131. The zero-order valence-corrected chi connectivity index (χ0v) is 16.1. The number of carbonyl (C=O) groups excluding carboxylic acids is 1. The van der Waals surface area contributed by atoms with Gasteiger partial charge in [0.1, 0.15) is 5.82 Å².